The van der Waals surface area contributed by atoms with Crippen molar-refractivity contribution in [2.24, 2.45) is 0 Å². The molecule has 0 aliphatic heterocycles. The van der Waals surface area contributed by atoms with E-state index in [1.807, 2.05) is 85.8 Å². The monoisotopic (exact) mass is 592 g/mol. The quantitative estimate of drug-likeness (QED) is 0.223. The first-order chi connectivity index (χ1) is 20.6. The van der Waals surface area contributed by atoms with E-state index in [1.54, 1.807) is 19.2 Å². The molecule has 2 heterocycles. The van der Waals surface area contributed by atoms with Crippen molar-refractivity contribution in [2.75, 3.05) is 24.7 Å². The third-order valence-corrected chi connectivity index (χ3v) is 8.47. The van der Waals surface area contributed by atoms with Crippen LogP contribution in [0.25, 0.3) is 56.3 Å². The molecule has 43 heavy (non-hydrogen) atoms. The Kier molecular flexibility index (Phi) is 7.07. The van der Waals surface area contributed by atoms with Gasteiger partial charge in [0, 0.05) is 47.8 Å². The Morgan fingerprint density at radius 2 is 1.44 bits per heavy atom. The summed E-state index contributed by atoms with van der Waals surface area (Å²) in [6, 6.07) is 28.0. The van der Waals surface area contributed by atoms with Crippen LogP contribution >= 0.6 is 0 Å². The van der Waals surface area contributed by atoms with Crippen LogP contribution in [0.1, 0.15) is 15.9 Å². The highest BCUT2D eigenvalue weighted by molar-refractivity contribution is 7.92. The second-order valence-corrected chi connectivity index (χ2v) is 12.2. The molecule has 0 bridgehead atoms. The maximum Gasteiger partial charge on any atom is 0.255 e. The van der Waals surface area contributed by atoms with E-state index < -0.39 is 10.0 Å². The molecular formula is C33H28N4O5S. The lowest BCUT2D eigenvalue weighted by molar-refractivity contribution is 0.0964. The van der Waals surface area contributed by atoms with Crippen LogP contribution in [0.3, 0.4) is 0 Å². The molecule has 6 aromatic rings. The number of amides is 1. The summed E-state index contributed by atoms with van der Waals surface area (Å²) >= 11 is 0. The van der Waals surface area contributed by atoms with Crippen LogP contribution in [0.15, 0.2) is 99.8 Å². The number of carbonyl (C=O) groups excluding carboxylic acids is 1. The zero-order valence-electron chi connectivity index (χ0n) is 24.0. The Morgan fingerprint density at radius 1 is 0.791 bits per heavy atom. The smallest absolute Gasteiger partial charge is 0.255 e. The lowest BCUT2D eigenvalue weighted by Crippen LogP contribution is -2.25. The van der Waals surface area contributed by atoms with Crippen LogP contribution in [0.4, 0.5) is 5.69 Å². The molecule has 0 aliphatic carbocycles. The summed E-state index contributed by atoms with van der Waals surface area (Å²) in [4.78, 5) is 13.2. The highest BCUT2D eigenvalue weighted by atomic mass is 32.2. The second-order valence-electron chi connectivity index (χ2n) is 10.2. The second kappa shape index (κ2) is 10.9. The first-order valence-corrected chi connectivity index (χ1v) is 15.3. The molecule has 10 heteroatoms. The number of aryl methyl sites for hydroxylation is 1. The van der Waals surface area contributed by atoms with Gasteiger partial charge in [0.15, 0.2) is 0 Å². The minimum atomic E-state index is -3.65. The van der Waals surface area contributed by atoms with Gasteiger partial charge in [0.05, 0.1) is 17.5 Å². The van der Waals surface area contributed by atoms with Crippen molar-refractivity contribution >= 4 is 32.6 Å². The molecule has 0 atom stereocenters. The van der Waals surface area contributed by atoms with Crippen molar-refractivity contribution in [3.8, 4) is 45.4 Å². The SMILES string of the molecule is CNC(=O)c1c(-c2ccc(C)cc2)oc2cc(N(C)S(C)(=O)=O)c(-c3cccc(-c4nnc(-c5ccccc5)o4)c3)cc12. The number of anilines is 1. The van der Waals surface area contributed by atoms with Gasteiger partial charge in [0.2, 0.25) is 21.8 Å². The van der Waals surface area contributed by atoms with Gasteiger partial charge in [0.1, 0.15) is 11.3 Å². The Hall–Kier alpha value is -5.22. The van der Waals surface area contributed by atoms with Gasteiger partial charge in [-0.15, -0.1) is 10.2 Å². The van der Waals surface area contributed by atoms with Gasteiger partial charge in [-0.2, -0.15) is 0 Å². The highest BCUT2D eigenvalue weighted by Gasteiger charge is 2.26. The van der Waals surface area contributed by atoms with Gasteiger partial charge in [0.25, 0.3) is 5.91 Å². The molecule has 9 nitrogen and oxygen atoms in total. The molecule has 0 spiro atoms. The average Bonchev–Trinajstić information content (AvgIpc) is 3.66. The van der Waals surface area contributed by atoms with E-state index in [4.69, 9.17) is 8.83 Å². The van der Waals surface area contributed by atoms with Gasteiger partial charge >= 0.3 is 0 Å². The third-order valence-electron chi connectivity index (χ3n) is 7.28. The zero-order chi connectivity index (χ0) is 30.3. The number of aromatic nitrogens is 2. The summed E-state index contributed by atoms with van der Waals surface area (Å²) in [6.07, 6.45) is 1.14. The van der Waals surface area contributed by atoms with Gasteiger partial charge in [-0.3, -0.25) is 9.10 Å². The predicted octanol–water partition coefficient (Wildman–Crippen LogP) is 6.55. The molecule has 4 aromatic carbocycles. The number of nitrogens with zero attached hydrogens (tertiary/aromatic N) is 3. The maximum absolute atomic E-state index is 13.2. The number of hydrogen-bond donors (Lipinski definition) is 1. The topological polar surface area (TPSA) is 119 Å². The van der Waals surface area contributed by atoms with Crippen LogP contribution in [-0.2, 0) is 10.0 Å². The molecule has 0 fully saturated rings. The highest BCUT2D eigenvalue weighted by Crippen LogP contribution is 2.42. The molecule has 0 saturated carbocycles. The van der Waals surface area contributed by atoms with E-state index in [0.29, 0.717) is 56.5 Å². The fourth-order valence-corrected chi connectivity index (χ4v) is 5.43. The molecule has 0 radical (unpaired) electrons. The third kappa shape index (κ3) is 5.28. The standard InChI is InChI=1S/C33H28N4O5S/c1-20-13-15-21(16-14-20)30-29(31(38)34-2)26-18-25(27(19-28(26)41-30)37(3)43(4,39)40)23-11-8-12-24(17-23)33-36-35-32(42-33)22-9-6-5-7-10-22/h5-19H,1-4H3,(H,34,38). The average molecular weight is 593 g/mol. The number of sulfonamides is 1. The van der Waals surface area contributed by atoms with Crippen LogP contribution < -0.4 is 9.62 Å². The van der Waals surface area contributed by atoms with Gasteiger partial charge in [-0.1, -0.05) is 60.2 Å². The van der Waals surface area contributed by atoms with E-state index in [2.05, 4.69) is 15.5 Å². The molecule has 0 saturated heterocycles. The molecule has 0 aliphatic rings. The zero-order valence-corrected chi connectivity index (χ0v) is 24.8. The Labute approximate surface area is 248 Å². The Bertz CT molecular complexity index is 2080. The van der Waals surface area contributed by atoms with Crippen molar-refractivity contribution in [3.63, 3.8) is 0 Å². The van der Waals surface area contributed by atoms with Crippen LogP contribution in [0.5, 0.6) is 0 Å². The number of fused-ring (bicyclic) bond motifs is 1. The number of nitrogens with one attached hydrogen (secondary N) is 1. The lowest BCUT2D eigenvalue weighted by atomic mass is 9.97. The Morgan fingerprint density at radius 3 is 2.12 bits per heavy atom. The molecule has 6 rings (SSSR count). The number of furan rings is 1. The van der Waals surface area contributed by atoms with E-state index in [1.165, 1.54) is 11.4 Å². The maximum atomic E-state index is 13.2. The fourth-order valence-electron chi connectivity index (χ4n) is 4.92. The molecule has 216 valence electrons. The fraction of sp³-hybridized carbons (Fsp3) is 0.121. The summed E-state index contributed by atoms with van der Waals surface area (Å²) in [5.74, 6) is 0.776. The number of hydrogen-bond acceptors (Lipinski definition) is 7. The molecule has 1 amide bonds. The van der Waals surface area contributed by atoms with E-state index in [9.17, 15) is 13.2 Å². The first kappa shape index (κ1) is 27.9. The van der Waals surface area contributed by atoms with Crippen molar-refractivity contribution in [1.82, 2.24) is 15.5 Å². The van der Waals surface area contributed by atoms with E-state index >= 15 is 0 Å². The normalized spacial score (nSPS) is 11.5. The number of benzene rings is 4. The minimum absolute atomic E-state index is 0.316. The van der Waals surface area contributed by atoms with Crippen molar-refractivity contribution in [2.45, 2.75) is 6.92 Å². The van der Waals surface area contributed by atoms with Crippen molar-refractivity contribution < 1.29 is 22.0 Å². The predicted molar refractivity (Wildman–Crippen MR) is 167 cm³/mol. The molecule has 1 N–H and O–H groups in total. The Balaban J connectivity index is 1.55. The number of rotatable bonds is 7. The first-order valence-electron chi connectivity index (χ1n) is 13.5. The lowest BCUT2D eigenvalue weighted by Gasteiger charge is -2.21. The van der Waals surface area contributed by atoms with Gasteiger partial charge in [-0.05, 0) is 42.8 Å². The summed E-state index contributed by atoms with van der Waals surface area (Å²) < 4.78 is 39.0. The van der Waals surface area contributed by atoms with E-state index in [-0.39, 0.29) is 5.91 Å². The summed E-state index contributed by atoms with van der Waals surface area (Å²) in [5.41, 5.74) is 5.63. The molecule has 0 unspecified atom stereocenters. The van der Waals surface area contributed by atoms with Crippen LogP contribution in [0, 0.1) is 6.92 Å². The molecule has 2 aromatic heterocycles. The minimum Gasteiger partial charge on any atom is -0.455 e. The van der Waals surface area contributed by atoms with Crippen LogP contribution in [0.2, 0.25) is 0 Å². The summed E-state index contributed by atoms with van der Waals surface area (Å²) in [5, 5.41) is 11.7. The summed E-state index contributed by atoms with van der Waals surface area (Å²) in [7, 11) is -0.611. The van der Waals surface area contributed by atoms with E-state index in [0.717, 1.165) is 22.9 Å². The van der Waals surface area contributed by atoms with Crippen molar-refractivity contribution in [1.29, 1.82) is 0 Å². The van der Waals surface area contributed by atoms with Gasteiger partial charge < -0.3 is 14.2 Å². The van der Waals surface area contributed by atoms with Gasteiger partial charge in [-0.25, -0.2) is 8.42 Å². The van der Waals surface area contributed by atoms with Crippen LogP contribution in [-0.4, -0.2) is 44.9 Å². The number of carbonyl (C=O) groups is 1. The summed E-state index contributed by atoms with van der Waals surface area (Å²) in [6.45, 7) is 1.98. The largest absolute Gasteiger partial charge is 0.455 e. The van der Waals surface area contributed by atoms with Crippen molar-refractivity contribution in [3.05, 3.63) is 102 Å². The molecular weight excluding hydrogens is 564 g/mol.